The van der Waals surface area contributed by atoms with Crippen molar-refractivity contribution in [2.45, 2.75) is 51.9 Å². The molecule has 2 aliphatic rings. The Balaban J connectivity index is 0.00000162. The van der Waals surface area contributed by atoms with Crippen molar-refractivity contribution in [2.75, 3.05) is 19.6 Å². The molecule has 1 aliphatic carbocycles. The third kappa shape index (κ3) is 3.86. The van der Waals surface area contributed by atoms with Crippen LogP contribution in [0.2, 0.25) is 0 Å². The van der Waals surface area contributed by atoms with Gasteiger partial charge in [0.2, 0.25) is 5.91 Å². The van der Waals surface area contributed by atoms with E-state index in [1.807, 2.05) is 0 Å². The molecule has 1 unspecified atom stereocenters. The van der Waals surface area contributed by atoms with Gasteiger partial charge in [-0.3, -0.25) is 4.79 Å². The van der Waals surface area contributed by atoms with Gasteiger partial charge in [-0.15, -0.1) is 12.4 Å². The maximum Gasteiger partial charge on any atom is 0.224 e. The zero-order valence-electron chi connectivity index (χ0n) is 11.5. The third-order valence-electron chi connectivity index (χ3n) is 4.50. The Morgan fingerprint density at radius 3 is 2.67 bits per heavy atom. The fraction of sp³-hybridized carbons (Fsp3) is 0.929. The van der Waals surface area contributed by atoms with Gasteiger partial charge in [0.05, 0.1) is 5.92 Å². The molecule has 0 aromatic rings. The number of halogens is 1. The second-order valence-corrected chi connectivity index (χ2v) is 5.86. The highest BCUT2D eigenvalue weighted by Gasteiger charge is 2.36. The van der Waals surface area contributed by atoms with E-state index in [9.17, 15) is 4.79 Å². The lowest BCUT2D eigenvalue weighted by Gasteiger charge is -2.42. The molecule has 4 heteroatoms. The number of carbonyl (C=O) groups excluding carboxylic acids is 1. The SMILES string of the molecule is CCCC1(CNC(=O)C2CCCNC2)CCC1.Cl. The number of rotatable bonds is 5. The highest BCUT2D eigenvalue weighted by atomic mass is 35.5. The quantitative estimate of drug-likeness (QED) is 0.809. The van der Waals surface area contributed by atoms with Gasteiger partial charge in [-0.25, -0.2) is 0 Å². The first-order chi connectivity index (χ1) is 8.26. The molecule has 1 atom stereocenters. The summed E-state index contributed by atoms with van der Waals surface area (Å²) in [5.41, 5.74) is 0.451. The Bertz CT molecular complexity index is 261. The average Bonchev–Trinajstić information content (AvgIpc) is 2.33. The van der Waals surface area contributed by atoms with Crippen LogP contribution < -0.4 is 10.6 Å². The number of piperidine rings is 1. The first-order valence-corrected chi connectivity index (χ1v) is 7.24. The molecule has 18 heavy (non-hydrogen) atoms. The molecule has 0 spiro atoms. The van der Waals surface area contributed by atoms with Crippen molar-refractivity contribution in [1.29, 1.82) is 0 Å². The predicted octanol–water partition coefficient (Wildman–Crippen LogP) is 2.49. The van der Waals surface area contributed by atoms with Gasteiger partial charge >= 0.3 is 0 Å². The van der Waals surface area contributed by atoms with E-state index in [-0.39, 0.29) is 24.2 Å². The Hall–Kier alpha value is -0.280. The third-order valence-corrected chi connectivity index (χ3v) is 4.50. The second kappa shape index (κ2) is 7.34. The summed E-state index contributed by atoms with van der Waals surface area (Å²) in [5.74, 6) is 0.488. The molecule has 1 saturated heterocycles. The first kappa shape index (κ1) is 15.8. The number of nitrogens with one attached hydrogen (secondary N) is 2. The lowest BCUT2D eigenvalue weighted by molar-refractivity contribution is -0.126. The van der Waals surface area contributed by atoms with Crippen molar-refractivity contribution in [3.63, 3.8) is 0 Å². The molecule has 1 aliphatic heterocycles. The van der Waals surface area contributed by atoms with Crippen LogP contribution in [-0.2, 0) is 4.79 Å². The van der Waals surface area contributed by atoms with Crippen molar-refractivity contribution < 1.29 is 4.79 Å². The van der Waals surface area contributed by atoms with Crippen LogP contribution in [0.25, 0.3) is 0 Å². The van der Waals surface area contributed by atoms with Gasteiger partial charge in [0.1, 0.15) is 0 Å². The smallest absolute Gasteiger partial charge is 0.224 e. The zero-order valence-corrected chi connectivity index (χ0v) is 12.3. The number of carbonyl (C=O) groups is 1. The Morgan fingerprint density at radius 1 is 1.39 bits per heavy atom. The predicted molar refractivity (Wildman–Crippen MR) is 77.0 cm³/mol. The van der Waals surface area contributed by atoms with E-state index < -0.39 is 0 Å². The molecular weight excluding hydrogens is 248 g/mol. The first-order valence-electron chi connectivity index (χ1n) is 7.24. The van der Waals surface area contributed by atoms with Gasteiger partial charge in [0, 0.05) is 13.1 Å². The van der Waals surface area contributed by atoms with Gasteiger partial charge in [0.15, 0.2) is 0 Å². The van der Waals surface area contributed by atoms with Crippen LogP contribution in [0.5, 0.6) is 0 Å². The van der Waals surface area contributed by atoms with E-state index >= 15 is 0 Å². The Kier molecular flexibility index (Phi) is 6.44. The number of hydrogen-bond acceptors (Lipinski definition) is 2. The van der Waals surface area contributed by atoms with E-state index in [0.29, 0.717) is 5.41 Å². The molecule has 106 valence electrons. The van der Waals surface area contributed by atoms with Crippen LogP contribution in [0.1, 0.15) is 51.9 Å². The summed E-state index contributed by atoms with van der Waals surface area (Å²) in [4.78, 5) is 12.0. The summed E-state index contributed by atoms with van der Waals surface area (Å²) in [6.45, 7) is 5.10. The molecule has 1 amide bonds. The van der Waals surface area contributed by atoms with E-state index in [4.69, 9.17) is 0 Å². The average molecular weight is 275 g/mol. The summed E-state index contributed by atoms with van der Waals surface area (Å²) < 4.78 is 0. The summed E-state index contributed by atoms with van der Waals surface area (Å²) in [6, 6.07) is 0. The van der Waals surface area contributed by atoms with Gasteiger partial charge in [-0.05, 0) is 44.1 Å². The number of amides is 1. The minimum Gasteiger partial charge on any atom is -0.355 e. The Morgan fingerprint density at radius 2 is 2.17 bits per heavy atom. The lowest BCUT2D eigenvalue weighted by Crippen LogP contribution is -2.46. The van der Waals surface area contributed by atoms with Crippen LogP contribution in [0.4, 0.5) is 0 Å². The Labute approximate surface area is 117 Å². The topological polar surface area (TPSA) is 41.1 Å². The molecular formula is C14H27ClN2O. The molecule has 1 heterocycles. The normalized spacial score (nSPS) is 25.7. The van der Waals surface area contributed by atoms with Gasteiger partial charge < -0.3 is 10.6 Å². The van der Waals surface area contributed by atoms with Crippen LogP contribution in [0, 0.1) is 11.3 Å². The van der Waals surface area contributed by atoms with Crippen molar-refractivity contribution in [3.8, 4) is 0 Å². The van der Waals surface area contributed by atoms with E-state index in [1.54, 1.807) is 0 Å². The van der Waals surface area contributed by atoms with E-state index in [2.05, 4.69) is 17.6 Å². The molecule has 3 nitrogen and oxygen atoms in total. The van der Waals surface area contributed by atoms with Crippen molar-refractivity contribution in [2.24, 2.45) is 11.3 Å². The fourth-order valence-corrected chi connectivity index (χ4v) is 3.22. The van der Waals surface area contributed by atoms with Crippen LogP contribution >= 0.6 is 12.4 Å². The van der Waals surface area contributed by atoms with Crippen molar-refractivity contribution >= 4 is 18.3 Å². The molecule has 1 saturated carbocycles. The van der Waals surface area contributed by atoms with E-state index in [1.165, 1.54) is 32.1 Å². The molecule has 2 N–H and O–H groups in total. The maximum atomic E-state index is 12.0. The summed E-state index contributed by atoms with van der Waals surface area (Å²) in [7, 11) is 0. The molecule has 0 aromatic heterocycles. The monoisotopic (exact) mass is 274 g/mol. The summed E-state index contributed by atoms with van der Waals surface area (Å²) in [5, 5.41) is 6.51. The van der Waals surface area contributed by atoms with Crippen LogP contribution in [-0.4, -0.2) is 25.5 Å². The highest BCUT2D eigenvalue weighted by Crippen LogP contribution is 2.44. The van der Waals surface area contributed by atoms with Crippen LogP contribution in [0.3, 0.4) is 0 Å². The number of hydrogen-bond donors (Lipinski definition) is 2. The summed E-state index contributed by atoms with van der Waals surface area (Å²) in [6.07, 6.45) is 8.67. The molecule has 2 fully saturated rings. The summed E-state index contributed by atoms with van der Waals surface area (Å²) >= 11 is 0. The van der Waals surface area contributed by atoms with Gasteiger partial charge in [0.25, 0.3) is 0 Å². The van der Waals surface area contributed by atoms with Crippen LogP contribution in [0.15, 0.2) is 0 Å². The fourth-order valence-electron chi connectivity index (χ4n) is 3.22. The zero-order chi connectivity index (χ0) is 12.1. The largest absolute Gasteiger partial charge is 0.355 e. The molecule has 0 aromatic carbocycles. The molecule has 0 bridgehead atoms. The minimum atomic E-state index is 0. The van der Waals surface area contributed by atoms with Crippen molar-refractivity contribution in [1.82, 2.24) is 10.6 Å². The standard InChI is InChI=1S/C14H26N2O.ClH/c1-2-6-14(7-4-8-14)11-16-13(17)12-5-3-9-15-10-12;/h12,15H,2-11H2,1H3,(H,16,17);1H. The van der Waals surface area contributed by atoms with Crippen molar-refractivity contribution in [3.05, 3.63) is 0 Å². The van der Waals surface area contributed by atoms with Gasteiger partial charge in [-0.1, -0.05) is 19.8 Å². The second-order valence-electron chi connectivity index (χ2n) is 5.86. The van der Waals surface area contributed by atoms with E-state index in [0.717, 1.165) is 32.5 Å². The highest BCUT2D eigenvalue weighted by molar-refractivity contribution is 5.85. The maximum absolute atomic E-state index is 12.0. The molecule has 2 rings (SSSR count). The van der Waals surface area contributed by atoms with Gasteiger partial charge in [-0.2, -0.15) is 0 Å². The molecule has 0 radical (unpaired) electrons. The minimum absolute atomic E-state index is 0. The lowest BCUT2D eigenvalue weighted by atomic mass is 9.66.